The number of nitro benzene ring substituents is 1. The van der Waals surface area contributed by atoms with Gasteiger partial charge < -0.3 is 19.9 Å². The minimum absolute atomic E-state index is 0.0142. The average Bonchev–Trinajstić information content (AvgIpc) is 2.60. The number of nitrogens with one attached hydrogen (secondary N) is 1. The zero-order valence-corrected chi connectivity index (χ0v) is 13.3. The molecule has 0 unspecified atom stereocenters. The van der Waals surface area contributed by atoms with Gasteiger partial charge in [0, 0.05) is 29.8 Å². The Morgan fingerprint density at radius 3 is 2.32 bits per heavy atom. The second-order valence-corrected chi connectivity index (χ2v) is 4.82. The predicted octanol–water partition coefficient (Wildman–Crippen LogP) is 2.56. The van der Waals surface area contributed by atoms with Crippen LogP contribution in [0.15, 0.2) is 36.4 Å². The van der Waals surface area contributed by atoms with E-state index in [4.69, 9.17) is 9.47 Å². The zero-order chi connectivity index (χ0) is 18.6. The van der Waals surface area contributed by atoms with E-state index >= 15 is 0 Å². The van der Waals surface area contributed by atoms with Crippen molar-refractivity contribution in [3.63, 3.8) is 0 Å². The van der Waals surface area contributed by atoms with Crippen molar-refractivity contribution in [3.8, 4) is 11.5 Å². The van der Waals surface area contributed by atoms with Gasteiger partial charge in [0.15, 0.2) is 11.5 Å². The molecule has 0 aliphatic carbocycles. The number of anilines is 1. The minimum Gasteiger partial charge on any atom is -0.493 e. The summed E-state index contributed by atoms with van der Waals surface area (Å²) in [6.07, 6.45) is 0. The van der Waals surface area contributed by atoms with E-state index in [1.54, 1.807) is 0 Å². The number of carbonyl (C=O) groups is 2. The van der Waals surface area contributed by atoms with Crippen LogP contribution in [0.3, 0.4) is 0 Å². The number of rotatable bonds is 6. The third kappa shape index (κ3) is 3.83. The van der Waals surface area contributed by atoms with Crippen LogP contribution in [-0.4, -0.2) is 36.1 Å². The zero-order valence-electron chi connectivity index (χ0n) is 13.3. The molecule has 9 nitrogen and oxygen atoms in total. The lowest BCUT2D eigenvalue weighted by molar-refractivity contribution is -0.384. The number of non-ortho nitro benzene ring substituents is 1. The number of ether oxygens (including phenoxy) is 2. The van der Waals surface area contributed by atoms with Crippen LogP contribution >= 0.6 is 0 Å². The predicted molar refractivity (Wildman–Crippen MR) is 87.6 cm³/mol. The van der Waals surface area contributed by atoms with Crippen LogP contribution < -0.4 is 14.8 Å². The molecular weight excluding hydrogens is 332 g/mol. The Bertz CT molecular complexity index is 848. The Hall–Kier alpha value is -3.62. The fourth-order valence-electron chi connectivity index (χ4n) is 2.11. The van der Waals surface area contributed by atoms with Gasteiger partial charge in [-0.15, -0.1) is 0 Å². The van der Waals surface area contributed by atoms with Crippen LogP contribution in [0.5, 0.6) is 11.5 Å². The maximum atomic E-state index is 12.3. The first-order chi connectivity index (χ1) is 11.9. The molecule has 25 heavy (non-hydrogen) atoms. The molecule has 2 aromatic carbocycles. The van der Waals surface area contributed by atoms with E-state index in [1.165, 1.54) is 44.6 Å². The van der Waals surface area contributed by atoms with Crippen molar-refractivity contribution in [3.05, 3.63) is 57.6 Å². The van der Waals surface area contributed by atoms with Gasteiger partial charge in [0.1, 0.15) is 0 Å². The number of amides is 1. The monoisotopic (exact) mass is 346 g/mol. The molecule has 0 heterocycles. The maximum Gasteiger partial charge on any atom is 0.337 e. The largest absolute Gasteiger partial charge is 0.493 e. The molecule has 1 amide bonds. The van der Waals surface area contributed by atoms with Crippen molar-refractivity contribution in [2.24, 2.45) is 0 Å². The quantitative estimate of drug-likeness (QED) is 0.607. The molecule has 9 heteroatoms. The Kier molecular flexibility index (Phi) is 5.18. The third-order valence-corrected chi connectivity index (χ3v) is 3.32. The van der Waals surface area contributed by atoms with Crippen molar-refractivity contribution in [1.29, 1.82) is 0 Å². The highest BCUT2D eigenvalue weighted by atomic mass is 16.6. The van der Waals surface area contributed by atoms with Crippen molar-refractivity contribution >= 4 is 23.3 Å². The second kappa shape index (κ2) is 7.30. The average molecular weight is 346 g/mol. The van der Waals surface area contributed by atoms with Crippen molar-refractivity contribution in [1.82, 2.24) is 0 Å². The van der Waals surface area contributed by atoms with Gasteiger partial charge in [0.2, 0.25) is 0 Å². The molecule has 0 aliphatic rings. The number of carbonyl (C=O) groups excluding carboxylic acids is 1. The highest BCUT2D eigenvalue weighted by molar-refractivity contribution is 6.08. The molecule has 0 aromatic heterocycles. The lowest BCUT2D eigenvalue weighted by Crippen LogP contribution is -2.15. The summed E-state index contributed by atoms with van der Waals surface area (Å²) < 4.78 is 10.1. The Morgan fingerprint density at radius 2 is 1.76 bits per heavy atom. The molecule has 0 spiro atoms. The summed E-state index contributed by atoms with van der Waals surface area (Å²) in [7, 11) is 2.72. The summed E-state index contributed by atoms with van der Waals surface area (Å²) in [5, 5.41) is 22.5. The molecule has 0 fully saturated rings. The molecule has 2 N–H and O–H groups in total. The first-order valence-electron chi connectivity index (χ1n) is 6.92. The lowest BCUT2D eigenvalue weighted by Gasteiger charge is -2.13. The van der Waals surface area contributed by atoms with Crippen LogP contribution in [0, 0.1) is 10.1 Å². The van der Waals surface area contributed by atoms with E-state index in [0.29, 0.717) is 0 Å². The fourth-order valence-corrected chi connectivity index (χ4v) is 2.11. The van der Waals surface area contributed by atoms with Crippen molar-refractivity contribution in [2.75, 3.05) is 19.5 Å². The van der Waals surface area contributed by atoms with Crippen LogP contribution in [0.2, 0.25) is 0 Å². The van der Waals surface area contributed by atoms with Crippen LogP contribution in [0.25, 0.3) is 0 Å². The van der Waals surface area contributed by atoms with E-state index in [1.807, 2.05) is 0 Å². The van der Waals surface area contributed by atoms with E-state index in [0.717, 1.165) is 6.07 Å². The Morgan fingerprint density at radius 1 is 1.12 bits per heavy atom. The molecule has 2 aromatic rings. The van der Waals surface area contributed by atoms with E-state index in [-0.39, 0.29) is 34.0 Å². The normalized spacial score (nSPS) is 10.0. The van der Waals surface area contributed by atoms with Crippen LogP contribution in [-0.2, 0) is 0 Å². The van der Waals surface area contributed by atoms with Gasteiger partial charge in [-0.2, -0.15) is 0 Å². The number of carboxylic acids is 1. The smallest absolute Gasteiger partial charge is 0.337 e. The number of benzene rings is 2. The summed E-state index contributed by atoms with van der Waals surface area (Å²) in [4.78, 5) is 33.9. The van der Waals surface area contributed by atoms with Crippen LogP contribution in [0.4, 0.5) is 11.4 Å². The third-order valence-electron chi connectivity index (χ3n) is 3.32. The number of aromatic carboxylic acids is 1. The van der Waals surface area contributed by atoms with Gasteiger partial charge in [-0.1, -0.05) is 6.07 Å². The van der Waals surface area contributed by atoms with E-state index < -0.39 is 16.8 Å². The molecule has 0 bridgehead atoms. The minimum atomic E-state index is -1.28. The van der Waals surface area contributed by atoms with Crippen molar-refractivity contribution in [2.45, 2.75) is 0 Å². The van der Waals surface area contributed by atoms with Gasteiger partial charge >= 0.3 is 5.97 Å². The summed E-state index contributed by atoms with van der Waals surface area (Å²) in [5.74, 6) is -1.57. The summed E-state index contributed by atoms with van der Waals surface area (Å²) in [6.45, 7) is 0. The van der Waals surface area contributed by atoms with Gasteiger partial charge in [-0.3, -0.25) is 14.9 Å². The Labute approximate surface area is 141 Å². The summed E-state index contributed by atoms with van der Waals surface area (Å²) in [5.41, 5.74) is -0.475. The first kappa shape index (κ1) is 17.7. The highest BCUT2D eigenvalue weighted by Crippen LogP contribution is 2.33. The molecule has 0 radical (unpaired) electrons. The van der Waals surface area contributed by atoms with Gasteiger partial charge in [-0.25, -0.2) is 4.79 Å². The van der Waals surface area contributed by atoms with Crippen molar-refractivity contribution < 1.29 is 29.1 Å². The number of carboxylic acid groups (broad SMARTS) is 1. The fraction of sp³-hybridized carbons (Fsp3) is 0.125. The van der Waals surface area contributed by atoms with Gasteiger partial charge in [0.25, 0.3) is 11.6 Å². The topological polar surface area (TPSA) is 128 Å². The van der Waals surface area contributed by atoms with E-state index in [9.17, 15) is 24.8 Å². The molecule has 0 saturated carbocycles. The number of methoxy groups -OCH3 is 2. The molecule has 0 atom stereocenters. The Balaban J connectivity index is 2.41. The van der Waals surface area contributed by atoms with Crippen LogP contribution in [0.1, 0.15) is 20.7 Å². The summed E-state index contributed by atoms with van der Waals surface area (Å²) >= 11 is 0. The SMILES string of the molecule is COc1cc(NC(=O)c2cccc([N+](=O)[O-])c2)c(C(=O)O)cc1OC. The number of hydrogen-bond acceptors (Lipinski definition) is 6. The standard InChI is InChI=1S/C16H14N2O7/c1-24-13-7-11(16(20)21)12(8-14(13)25-2)17-15(19)9-4-3-5-10(6-9)18(22)23/h3-8H,1-2H3,(H,17,19)(H,20,21). The number of nitrogens with zero attached hydrogens (tertiary/aromatic N) is 1. The van der Waals surface area contributed by atoms with Gasteiger partial charge in [-0.05, 0) is 6.07 Å². The molecule has 0 saturated heterocycles. The molecule has 2 rings (SSSR count). The first-order valence-corrected chi connectivity index (χ1v) is 6.92. The highest BCUT2D eigenvalue weighted by Gasteiger charge is 2.19. The maximum absolute atomic E-state index is 12.3. The number of hydrogen-bond donors (Lipinski definition) is 2. The van der Waals surface area contributed by atoms with Gasteiger partial charge in [0.05, 0.1) is 30.4 Å². The van der Waals surface area contributed by atoms with E-state index in [2.05, 4.69) is 5.32 Å². The summed E-state index contributed by atoms with van der Waals surface area (Å²) in [6, 6.07) is 7.59. The number of nitro groups is 1. The molecule has 130 valence electrons. The lowest BCUT2D eigenvalue weighted by atomic mass is 10.1. The molecular formula is C16H14N2O7. The second-order valence-electron chi connectivity index (χ2n) is 4.82. The molecule has 0 aliphatic heterocycles.